The fourth-order valence-electron chi connectivity index (χ4n) is 2.91. The van der Waals surface area contributed by atoms with Crippen molar-refractivity contribution in [3.63, 3.8) is 0 Å². The molecule has 0 radical (unpaired) electrons. The number of methoxy groups -OCH3 is 1. The van der Waals surface area contributed by atoms with E-state index in [1.54, 1.807) is 30.4 Å². The number of carbonyl (C=O) groups excluding carboxylic acids is 1. The van der Waals surface area contributed by atoms with E-state index >= 15 is 0 Å². The number of fused-ring (bicyclic) bond motifs is 2. The topological polar surface area (TPSA) is 84.9 Å². The third-order valence-electron chi connectivity index (χ3n) is 3.91. The molecule has 4 atom stereocenters. The Morgan fingerprint density at radius 2 is 1.95 bits per heavy atom. The zero-order valence-electron chi connectivity index (χ0n) is 11.7. The molecule has 1 aromatic rings. The van der Waals surface area contributed by atoms with Gasteiger partial charge in [0.2, 0.25) is 5.91 Å². The summed E-state index contributed by atoms with van der Waals surface area (Å²) in [4.78, 5) is 23.9. The third-order valence-corrected chi connectivity index (χ3v) is 4.14. The maximum absolute atomic E-state index is 12.5. The summed E-state index contributed by atoms with van der Waals surface area (Å²) in [6, 6.07) is 4.82. The summed E-state index contributed by atoms with van der Waals surface area (Å²) < 4.78 is 10.7. The highest BCUT2D eigenvalue weighted by Gasteiger charge is 2.53. The van der Waals surface area contributed by atoms with E-state index in [0.29, 0.717) is 16.5 Å². The van der Waals surface area contributed by atoms with Crippen LogP contribution in [0.25, 0.3) is 0 Å². The van der Waals surface area contributed by atoms with Crippen LogP contribution in [-0.2, 0) is 14.3 Å². The number of ether oxygens (including phenoxy) is 2. The van der Waals surface area contributed by atoms with Gasteiger partial charge in [0.25, 0.3) is 0 Å². The molecule has 2 heterocycles. The Labute approximate surface area is 131 Å². The molecule has 2 aliphatic heterocycles. The first kappa shape index (κ1) is 14.9. The minimum atomic E-state index is -1.05. The van der Waals surface area contributed by atoms with Crippen LogP contribution in [0.5, 0.6) is 5.75 Å². The first-order valence-corrected chi connectivity index (χ1v) is 7.10. The average molecular weight is 324 g/mol. The molecule has 2 aliphatic rings. The largest absolute Gasteiger partial charge is 0.495 e. The molecule has 2 N–H and O–H groups in total. The molecule has 1 saturated heterocycles. The summed E-state index contributed by atoms with van der Waals surface area (Å²) in [6.45, 7) is 0. The van der Waals surface area contributed by atoms with Crippen LogP contribution in [0.2, 0.25) is 5.02 Å². The molecule has 2 bridgehead atoms. The first-order chi connectivity index (χ1) is 10.5. The highest BCUT2D eigenvalue weighted by Crippen LogP contribution is 2.40. The number of carboxylic acid groups (broad SMARTS) is 1. The lowest BCUT2D eigenvalue weighted by Gasteiger charge is -2.21. The number of hydrogen-bond donors (Lipinski definition) is 2. The van der Waals surface area contributed by atoms with Crippen molar-refractivity contribution in [2.45, 2.75) is 12.2 Å². The number of halogens is 1. The van der Waals surface area contributed by atoms with E-state index in [2.05, 4.69) is 5.32 Å². The van der Waals surface area contributed by atoms with Crippen molar-refractivity contribution in [2.24, 2.45) is 11.8 Å². The summed E-state index contributed by atoms with van der Waals surface area (Å²) in [5.41, 5.74) is 0.399. The van der Waals surface area contributed by atoms with Gasteiger partial charge in [0, 0.05) is 5.02 Å². The summed E-state index contributed by atoms with van der Waals surface area (Å²) in [5, 5.41) is 12.5. The van der Waals surface area contributed by atoms with Crippen molar-refractivity contribution in [3.8, 4) is 5.75 Å². The third kappa shape index (κ3) is 2.44. The Balaban J connectivity index is 1.84. The van der Waals surface area contributed by atoms with Gasteiger partial charge in [0.1, 0.15) is 11.7 Å². The lowest BCUT2D eigenvalue weighted by Crippen LogP contribution is -2.39. The molecule has 22 heavy (non-hydrogen) atoms. The van der Waals surface area contributed by atoms with Crippen LogP contribution in [0.1, 0.15) is 0 Å². The first-order valence-electron chi connectivity index (χ1n) is 6.72. The van der Waals surface area contributed by atoms with Gasteiger partial charge >= 0.3 is 5.97 Å². The highest BCUT2D eigenvalue weighted by atomic mass is 35.5. The summed E-state index contributed by atoms with van der Waals surface area (Å²) in [6.07, 6.45) is 2.34. The minimum absolute atomic E-state index is 0.399. The Kier molecular flexibility index (Phi) is 3.80. The van der Waals surface area contributed by atoms with Gasteiger partial charge in [0.15, 0.2) is 0 Å². The fraction of sp³-hybridized carbons (Fsp3) is 0.333. The summed E-state index contributed by atoms with van der Waals surface area (Å²) in [7, 11) is 1.47. The maximum Gasteiger partial charge on any atom is 0.310 e. The van der Waals surface area contributed by atoms with E-state index in [-0.39, 0.29) is 0 Å². The lowest BCUT2D eigenvalue weighted by atomic mass is 9.82. The second-order valence-electron chi connectivity index (χ2n) is 5.17. The maximum atomic E-state index is 12.5. The number of carboxylic acids is 1. The van der Waals surface area contributed by atoms with Crippen LogP contribution in [0.15, 0.2) is 30.4 Å². The molecule has 0 aromatic heterocycles. The number of amides is 1. The molecule has 0 unspecified atom stereocenters. The van der Waals surface area contributed by atoms with Gasteiger partial charge in [0.05, 0.1) is 30.9 Å². The van der Waals surface area contributed by atoms with E-state index in [0.717, 1.165) is 0 Å². The van der Waals surface area contributed by atoms with Crippen molar-refractivity contribution in [1.29, 1.82) is 0 Å². The Hall–Kier alpha value is -2.05. The van der Waals surface area contributed by atoms with Crippen LogP contribution in [0, 0.1) is 11.8 Å². The van der Waals surface area contributed by atoms with Crippen molar-refractivity contribution in [2.75, 3.05) is 12.4 Å². The zero-order chi connectivity index (χ0) is 15.9. The van der Waals surface area contributed by atoms with Gasteiger partial charge in [-0.3, -0.25) is 9.59 Å². The highest BCUT2D eigenvalue weighted by molar-refractivity contribution is 6.31. The van der Waals surface area contributed by atoms with Crippen LogP contribution >= 0.6 is 11.6 Å². The SMILES string of the molecule is COc1ccc(Cl)cc1NC(=O)[C@@H]1[C@H](C(=O)O)[C@H]2C=C[C@H]1O2. The molecule has 0 saturated carbocycles. The second-order valence-corrected chi connectivity index (χ2v) is 5.61. The number of benzene rings is 1. The molecule has 1 aromatic carbocycles. The van der Waals surface area contributed by atoms with Crippen LogP contribution in [-0.4, -0.2) is 36.3 Å². The Morgan fingerprint density at radius 1 is 1.27 bits per heavy atom. The van der Waals surface area contributed by atoms with Crippen molar-refractivity contribution in [1.82, 2.24) is 0 Å². The van der Waals surface area contributed by atoms with Crippen LogP contribution < -0.4 is 10.1 Å². The number of carbonyl (C=O) groups is 2. The van der Waals surface area contributed by atoms with Gasteiger partial charge in [-0.25, -0.2) is 0 Å². The van der Waals surface area contributed by atoms with Crippen LogP contribution in [0.4, 0.5) is 5.69 Å². The lowest BCUT2D eigenvalue weighted by molar-refractivity contribution is -0.145. The fourth-order valence-corrected chi connectivity index (χ4v) is 3.08. The molecule has 3 rings (SSSR count). The van der Waals surface area contributed by atoms with E-state index in [9.17, 15) is 14.7 Å². The molecular formula is C15H14ClNO5. The number of anilines is 1. The Bertz CT molecular complexity index is 659. The number of hydrogen-bond acceptors (Lipinski definition) is 4. The average Bonchev–Trinajstić information content (AvgIpc) is 3.08. The smallest absolute Gasteiger partial charge is 0.310 e. The molecule has 7 heteroatoms. The summed E-state index contributed by atoms with van der Waals surface area (Å²) >= 11 is 5.92. The van der Waals surface area contributed by atoms with Crippen molar-refractivity contribution >= 4 is 29.2 Å². The van der Waals surface area contributed by atoms with E-state index < -0.39 is 35.9 Å². The predicted octanol–water partition coefficient (Wildman–Crippen LogP) is 1.94. The normalized spacial score (nSPS) is 28.6. The van der Waals surface area contributed by atoms with E-state index in [1.807, 2.05) is 0 Å². The van der Waals surface area contributed by atoms with Crippen molar-refractivity contribution in [3.05, 3.63) is 35.4 Å². The van der Waals surface area contributed by atoms with Gasteiger partial charge in [-0.1, -0.05) is 23.8 Å². The standard InChI is InChI=1S/C15H14ClNO5/c1-21-9-3-2-7(16)6-8(9)17-14(18)12-10-4-5-11(22-10)13(12)15(19)20/h2-6,10-13H,1H3,(H,17,18)(H,19,20)/t10-,11-,12+,13-/m1/s1. The number of aliphatic carboxylic acids is 1. The molecule has 1 amide bonds. The molecular weight excluding hydrogens is 310 g/mol. The minimum Gasteiger partial charge on any atom is -0.495 e. The number of nitrogens with one attached hydrogen (secondary N) is 1. The quantitative estimate of drug-likeness (QED) is 0.827. The van der Waals surface area contributed by atoms with Gasteiger partial charge < -0.3 is 19.9 Å². The van der Waals surface area contributed by atoms with Crippen molar-refractivity contribution < 1.29 is 24.2 Å². The van der Waals surface area contributed by atoms with Crippen LogP contribution in [0.3, 0.4) is 0 Å². The van der Waals surface area contributed by atoms with Gasteiger partial charge in [-0.05, 0) is 18.2 Å². The molecule has 116 valence electrons. The summed E-state index contributed by atoms with van der Waals surface area (Å²) in [5.74, 6) is -2.69. The number of rotatable bonds is 4. The van der Waals surface area contributed by atoms with E-state index in [4.69, 9.17) is 21.1 Å². The monoisotopic (exact) mass is 323 g/mol. The Morgan fingerprint density at radius 3 is 2.59 bits per heavy atom. The molecule has 1 fully saturated rings. The van der Waals surface area contributed by atoms with Gasteiger partial charge in [-0.15, -0.1) is 0 Å². The van der Waals surface area contributed by atoms with Gasteiger partial charge in [-0.2, -0.15) is 0 Å². The predicted molar refractivity (Wildman–Crippen MR) is 79.1 cm³/mol. The molecule has 6 nitrogen and oxygen atoms in total. The molecule has 0 spiro atoms. The second kappa shape index (κ2) is 5.62. The van der Waals surface area contributed by atoms with E-state index in [1.165, 1.54) is 7.11 Å². The zero-order valence-corrected chi connectivity index (χ0v) is 12.4. The molecule has 0 aliphatic carbocycles.